The molecule has 2 saturated heterocycles. The molecule has 17 heteroatoms. The maximum absolute atomic E-state index is 12.9. The zero-order chi connectivity index (χ0) is 35.7. The number of alkyl halides is 6. The van der Waals surface area contributed by atoms with Gasteiger partial charge in [0.15, 0.2) is 0 Å². The number of rotatable bonds is 6. The van der Waals surface area contributed by atoms with Crippen LogP contribution in [-0.4, -0.2) is 94.5 Å². The number of aliphatic carboxylic acids is 2. The van der Waals surface area contributed by atoms with E-state index in [2.05, 4.69) is 42.4 Å². The lowest BCUT2D eigenvalue weighted by molar-refractivity contribution is -0.193. The van der Waals surface area contributed by atoms with Crippen molar-refractivity contribution >= 4 is 50.5 Å². The molecule has 4 N–H and O–H groups in total. The van der Waals surface area contributed by atoms with Gasteiger partial charge in [0, 0.05) is 42.8 Å². The predicted molar refractivity (Wildman–Crippen MR) is 165 cm³/mol. The first kappa shape index (κ1) is 38.2. The van der Waals surface area contributed by atoms with Gasteiger partial charge in [-0.3, -0.25) is 14.5 Å². The number of benzene rings is 3. The summed E-state index contributed by atoms with van der Waals surface area (Å²) < 4.78 is 64.5. The number of carboxylic acids is 2. The number of halogens is 7. The Labute approximate surface area is 278 Å². The number of nitrogens with one attached hydrogen (secondary N) is 2. The molecule has 0 bridgehead atoms. The third-order valence-electron chi connectivity index (χ3n) is 7.67. The van der Waals surface area contributed by atoms with Crippen molar-refractivity contribution in [3.8, 4) is 0 Å². The van der Waals surface area contributed by atoms with Gasteiger partial charge in [0.05, 0.1) is 6.67 Å². The molecule has 2 heterocycles. The summed E-state index contributed by atoms with van der Waals surface area (Å²) in [4.78, 5) is 47.9. The first-order chi connectivity index (χ1) is 22.4. The van der Waals surface area contributed by atoms with Gasteiger partial charge >= 0.3 is 24.3 Å². The average molecular weight is 750 g/mol. The fourth-order valence-electron chi connectivity index (χ4n) is 5.12. The van der Waals surface area contributed by atoms with Gasteiger partial charge in [-0.2, -0.15) is 26.3 Å². The molecule has 2 aliphatic rings. The van der Waals surface area contributed by atoms with Crippen LogP contribution >= 0.6 is 15.9 Å². The lowest BCUT2D eigenvalue weighted by Gasteiger charge is -2.42. The minimum Gasteiger partial charge on any atom is -0.475 e. The smallest absolute Gasteiger partial charge is 0.475 e. The van der Waals surface area contributed by atoms with Gasteiger partial charge in [0.25, 0.3) is 5.91 Å². The van der Waals surface area contributed by atoms with Gasteiger partial charge in [-0.25, -0.2) is 9.59 Å². The predicted octanol–water partition coefficient (Wildman–Crippen LogP) is 5.02. The van der Waals surface area contributed by atoms with Crippen molar-refractivity contribution < 1.29 is 55.7 Å². The molecule has 0 unspecified atom stereocenters. The van der Waals surface area contributed by atoms with Crippen LogP contribution in [0.1, 0.15) is 28.8 Å². The van der Waals surface area contributed by atoms with Crippen LogP contribution in [0.15, 0.2) is 71.2 Å². The van der Waals surface area contributed by atoms with E-state index in [1.807, 2.05) is 60.7 Å². The van der Waals surface area contributed by atoms with Gasteiger partial charge in [-0.1, -0.05) is 64.5 Å². The molecule has 0 aliphatic carbocycles. The molecule has 48 heavy (non-hydrogen) atoms. The maximum Gasteiger partial charge on any atom is 0.490 e. The third kappa shape index (κ3) is 10.4. The van der Waals surface area contributed by atoms with E-state index in [1.54, 1.807) is 0 Å². The quantitative estimate of drug-likeness (QED) is 0.258. The number of likely N-dealkylation sites (tertiary alicyclic amines) is 1. The molecule has 2 aliphatic heterocycles. The van der Waals surface area contributed by atoms with Crippen molar-refractivity contribution in [2.75, 3.05) is 32.8 Å². The Morgan fingerprint density at radius 3 is 1.96 bits per heavy atom. The summed E-state index contributed by atoms with van der Waals surface area (Å²) >= 11 is 3.63. The molecular formula is C31H31BrF6N4O6. The largest absolute Gasteiger partial charge is 0.490 e. The summed E-state index contributed by atoms with van der Waals surface area (Å²) in [6, 6.07) is 22.0. The van der Waals surface area contributed by atoms with Crippen LogP contribution in [0.2, 0.25) is 0 Å². The standard InChI is InChI=1S/C27H29BrN4O2.2C2HF3O2/c28-24-8-4-3-7-23(24)18-32-19-30-26(34)27(32)11-14-31(15-12-27)16-13-29-25(33)22-10-9-20-5-1-2-6-21(20)17-22;2*3-2(4,5)1(6)7/h1-10,17H,11-16,18-19H2,(H,29,33)(H,30,34);2*(H,6,7). The van der Waals surface area contributed by atoms with Crippen molar-refractivity contribution in [3.05, 3.63) is 82.3 Å². The molecule has 0 radical (unpaired) electrons. The second-order valence-electron chi connectivity index (χ2n) is 10.8. The number of carbonyl (C=O) groups excluding carboxylic acids is 2. The van der Waals surface area contributed by atoms with Crippen molar-refractivity contribution in [2.45, 2.75) is 37.3 Å². The molecule has 0 atom stereocenters. The second kappa shape index (κ2) is 16.3. The highest BCUT2D eigenvalue weighted by atomic mass is 79.9. The second-order valence-corrected chi connectivity index (χ2v) is 11.6. The SMILES string of the molecule is O=C(NCCN1CCC2(CC1)C(=O)NCN2Cc1ccccc1Br)c1ccc2ccccc2c1.O=C(O)C(F)(F)F.O=C(O)C(F)(F)F. The van der Waals surface area contributed by atoms with Gasteiger partial charge in [0.2, 0.25) is 5.91 Å². The summed E-state index contributed by atoms with van der Waals surface area (Å²) in [6.45, 7) is 4.37. The molecule has 10 nitrogen and oxygen atoms in total. The fourth-order valence-corrected chi connectivity index (χ4v) is 5.53. The van der Waals surface area contributed by atoms with Crippen LogP contribution in [0.3, 0.4) is 0 Å². The summed E-state index contributed by atoms with van der Waals surface area (Å²) in [5.74, 6) is -5.42. The lowest BCUT2D eigenvalue weighted by atomic mass is 9.85. The average Bonchev–Trinajstić information content (AvgIpc) is 3.32. The van der Waals surface area contributed by atoms with E-state index in [1.165, 1.54) is 5.56 Å². The number of nitrogens with zero attached hydrogens (tertiary/aromatic N) is 2. The van der Waals surface area contributed by atoms with Crippen LogP contribution in [0, 0.1) is 0 Å². The van der Waals surface area contributed by atoms with E-state index < -0.39 is 29.8 Å². The summed E-state index contributed by atoms with van der Waals surface area (Å²) in [5, 5.41) is 22.6. The fraction of sp³-hybridized carbons (Fsp3) is 0.355. The van der Waals surface area contributed by atoms with Crippen LogP contribution in [0.4, 0.5) is 26.3 Å². The Balaban J connectivity index is 0.000000376. The third-order valence-corrected chi connectivity index (χ3v) is 8.44. The van der Waals surface area contributed by atoms with Crippen molar-refractivity contribution in [2.24, 2.45) is 0 Å². The number of carboxylic acid groups (broad SMARTS) is 2. The first-order valence-corrected chi connectivity index (χ1v) is 15.1. The minimum absolute atomic E-state index is 0.0472. The summed E-state index contributed by atoms with van der Waals surface area (Å²) in [5.41, 5.74) is 1.43. The summed E-state index contributed by atoms with van der Waals surface area (Å²) in [7, 11) is 0. The van der Waals surface area contributed by atoms with E-state index in [0.29, 0.717) is 18.8 Å². The van der Waals surface area contributed by atoms with Gasteiger partial charge in [-0.15, -0.1) is 0 Å². The Bertz CT molecular complexity index is 1590. The highest BCUT2D eigenvalue weighted by molar-refractivity contribution is 9.10. The van der Waals surface area contributed by atoms with E-state index in [0.717, 1.165) is 54.3 Å². The molecule has 0 aromatic heterocycles. The van der Waals surface area contributed by atoms with E-state index in [4.69, 9.17) is 19.8 Å². The van der Waals surface area contributed by atoms with Crippen molar-refractivity contribution in [1.82, 2.24) is 20.4 Å². The zero-order valence-electron chi connectivity index (χ0n) is 25.1. The van der Waals surface area contributed by atoms with Crippen LogP contribution in [0.5, 0.6) is 0 Å². The monoisotopic (exact) mass is 748 g/mol. The molecule has 0 saturated carbocycles. The molecule has 1 spiro atoms. The van der Waals surface area contributed by atoms with Crippen LogP contribution in [0.25, 0.3) is 10.8 Å². The van der Waals surface area contributed by atoms with E-state index in [-0.39, 0.29) is 11.8 Å². The molecule has 260 valence electrons. The number of fused-ring (bicyclic) bond motifs is 1. The Morgan fingerprint density at radius 1 is 0.854 bits per heavy atom. The lowest BCUT2D eigenvalue weighted by Crippen LogP contribution is -2.56. The Kier molecular flexibility index (Phi) is 12.9. The molecule has 3 aromatic rings. The minimum atomic E-state index is -5.08. The highest BCUT2D eigenvalue weighted by Crippen LogP contribution is 2.34. The number of hydrogen-bond acceptors (Lipinski definition) is 6. The number of hydrogen-bond donors (Lipinski definition) is 4. The van der Waals surface area contributed by atoms with E-state index in [9.17, 15) is 35.9 Å². The molecular weight excluding hydrogens is 718 g/mol. The Morgan fingerprint density at radius 2 is 1.40 bits per heavy atom. The maximum atomic E-state index is 12.9. The van der Waals surface area contributed by atoms with Gasteiger partial charge in [0.1, 0.15) is 5.54 Å². The van der Waals surface area contributed by atoms with Crippen LogP contribution < -0.4 is 10.6 Å². The van der Waals surface area contributed by atoms with Gasteiger partial charge < -0.3 is 25.7 Å². The Hall–Kier alpha value is -4.22. The number of amides is 2. The van der Waals surface area contributed by atoms with Crippen molar-refractivity contribution in [1.29, 1.82) is 0 Å². The summed E-state index contributed by atoms with van der Waals surface area (Å²) in [6.07, 6.45) is -8.58. The van der Waals surface area contributed by atoms with Crippen LogP contribution in [-0.2, 0) is 20.9 Å². The highest BCUT2D eigenvalue weighted by Gasteiger charge is 2.50. The normalized spacial score (nSPS) is 16.3. The first-order valence-electron chi connectivity index (χ1n) is 14.3. The molecule has 3 aromatic carbocycles. The number of piperidine rings is 1. The topological polar surface area (TPSA) is 139 Å². The zero-order valence-corrected chi connectivity index (χ0v) is 26.7. The van der Waals surface area contributed by atoms with Crippen molar-refractivity contribution in [3.63, 3.8) is 0 Å². The van der Waals surface area contributed by atoms with Gasteiger partial charge in [-0.05, 0) is 47.4 Å². The van der Waals surface area contributed by atoms with E-state index >= 15 is 0 Å². The molecule has 5 rings (SSSR count). The number of carbonyl (C=O) groups is 4. The molecule has 2 amide bonds. The molecule has 2 fully saturated rings.